The molecule has 7 rings (SSSR count). The molecule has 3 heterocycles. The molecule has 3 aliphatic rings. The van der Waals surface area contributed by atoms with E-state index in [1.165, 1.54) is 38.2 Å². The van der Waals surface area contributed by atoms with Crippen molar-refractivity contribution in [2.24, 2.45) is 0 Å². The van der Waals surface area contributed by atoms with E-state index < -0.39 is 8.07 Å². The first-order chi connectivity index (χ1) is 12.5. The average Bonchev–Trinajstić information content (AvgIpc) is 3.31. The van der Waals surface area contributed by atoms with E-state index >= 15 is 0 Å². The van der Waals surface area contributed by atoms with E-state index in [-0.39, 0.29) is 26.2 Å². The molecule has 27 heavy (non-hydrogen) atoms. The summed E-state index contributed by atoms with van der Waals surface area (Å²) in [5.74, 6) is 0. The van der Waals surface area contributed by atoms with Crippen LogP contribution in [0.5, 0.6) is 0 Å². The predicted molar refractivity (Wildman–Crippen MR) is 113 cm³/mol. The Kier molecular flexibility index (Phi) is 4.52. The third-order valence-corrected chi connectivity index (χ3v) is 10.4. The van der Waals surface area contributed by atoms with Crippen LogP contribution in [0, 0.1) is 6.92 Å². The van der Waals surface area contributed by atoms with Gasteiger partial charge < -0.3 is 4.42 Å². The minimum Gasteiger partial charge on any atom is -0.472 e. The molecule has 0 saturated heterocycles. The molecular formula is C24H23OSiZr-. The Morgan fingerprint density at radius 2 is 1.74 bits per heavy atom. The third kappa shape index (κ3) is 2.62. The van der Waals surface area contributed by atoms with Crippen molar-refractivity contribution in [2.45, 2.75) is 32.5 Å². The standard InChI is InChI=1S/C14H11.C10H12OSi.Zr/c1-10-8-12-7-6-11-4-2-3-5-13(11)14(12)9-10;1-6-9-7-4-11-5-8(7)10(6)12(9,2)3;/h2-9H,1H3;4-5,9H,1-3H3;/q-1;;. The SMILES string of the molecule is CC1=C2c3cocc3C1[Si]2(C)C.Cc1cc2c(ccc3ccccc32)[cH-]1.[Zr]. The van der Waals surface area contributed by atoms with Gasteiger partial charge >= 0.3 is 0 Å². The fraction of sp³-hybridized carbons (Fsp3) is 0.208. The van der Waals surface area contributed by atoms with Crippen LogP contribution >= 0.6 is 0 Å². The van der Waals surface area contributed by atoms with Crippen molar-refractivity contribution in [1.82, 2.24) is 0 Å². The number of benzene rings is 2. The Hall–Kier alpha value is -1.57. The number of aryl methyl sites for hydroxylation is 1. The van der Waals surface area contributed by atoms with Crippen LogP contribution in [0.4, 0.5) is 0 Å². The quantitative estimate of drug-likeness (QED) is 0.210. The van der Waals surface area contributed by atoms with E-state index in [1.807, 2.05) is 12.5 Å². The number of fused-ring (bicyclic) bond motifs is 3. The molecule has 1 nitrogen and oxygen atoms in total. The van der Waals surface area contributed by atoms with Gasteiger partial charge in [0, 0.05) is 42.9 Å². The molecule has 0 N–H and O–H groups in total. The number of furan rings is 1. The zero-order valence-electron chi connectivity index (χ0n) is 16.3. The maximum absolute atomic E-state index is 5.22. The summed E-state index contributed by atoms with van der Waals surface area (Å²) in [5.41, 5.74) is 6.64. The van der Waals surface area contributed by atoms with Gasteiger partial charge in [0.2, 0.25) is 0 Å². The van der Waals surface area contributed by atoms with Crippen molar-refractivity contribution in [1.29, 1.82) is 0 Å². The molecule has 4 aromatic rings. The molecule has 1 unspecified atom stereocenters. The largest absolute Gasteiger partial charge is 0.472 e. The third-order valence-electron chi connectivity index (χ3n) is 6.23. The summed E-state index contributed by atoms with van der Waals surface area (Å²) in [4.78, 5) is 0. The van der Waals surface area contributed by atoms with Crippen LogP contribution in [0.2, 0.25) is 13.1 Å². The maximum atomic E-state index is 5.22. The van der Waals surface area contributed by atoms with Gasteiger partial charge in [-0.25, -0.2) is 0 Å². The molecule has 2 aliphatic heterocycles. The summed E-state index contributed by atoms with van der Waals surface area (Å²) in [6.07, 6.45) is 3.87. The first kappa shape index (κ1) is 18.8. The predicted octanol–water partition coefficient (Wildman–Crippen LogP) is 6.97. The molecule has 0 amide bonds. The van der Waals surface area contributed by atoms with Gasteiger partial charge in [0.15, 0.2) is 0 Å². The van der Waals surface area contributed by atoms with E-state index in [0.29, 0.717) is 0 Å². The van der Waals surface area contributed by atoms with Crippen LogP contribution in [-0.4, -0.2) is 8.07 Å². The topological polar surface area (TPSA) is 13.1 Å². The Bertz CT molecular complexity index is 1190. The molecular weight excluding hydrogens is 424 g/mol. The Balaban J connectivity index is 0.000000130. The molecule has 134 valence electrons. The summed E-state index contributed by atoms with van der Waals surface area (Å²) in [5, 5.41) is 7.07. The van der Waals surface area contributed by atoms with Gasteiger partial charge in [-0.2, -0.15) is 6.07 Å². The Labute approximate surface area is 180 Å². The van der Waals surface area contributed by atoms with Gasteiger partial charge in [-0.1, -0.05) is 61.3 Å². The summed E-state index contributed by atoms with van der Waals surface area (Å²) in [6.45, 7) is 9.34. The molecule has 0 radical (unpaired) electrons. The minimum atomic E-state index is -1.04. The Morgan fingerprint density at radius 1 is 0.963 bits per heavy atom. The molecule has 0 saturated carbocycles. The van der Waals surface area contributed by atoms with E-state index in [0.717, 1.165) is 5.54 Å². The van der Waals surface area contributed by atoms with Crippen molar-refractivity contribution in [3.05, 3.63) is 83.3 Å². The van der Waals surface area contributed by atoms with Crippen molar-refractivity contribution in [2.75, 3.05) is 0 Å². The second kappa shape index (κ2) is 6.50. The molecule has 1 aromatic heterocycles. The van der Waals surface area contributed by atoms with E-state index in [1.54, 1.807) is 10.8 Å². The normalized spacial score (nSPS) is 18.6. The summed E-state index contributed by atoms with van der Waals surface area (Å²) in [6, 6.07) is 17.4. The molecule has 0 spiro atoms. The van der Waals surface area contributed by atoms with Crippen LogP contribution in [0.15, 0.2) is 71.0 Å². The van der Waals surface area contributed by atoms with Gasteiger partial charge in [0.1, 0.15) is 0 Å². The second-order valence-electron chi connectivity index (χ2n) is 8.28. The smallest absolute Gasteiger partial charge is 0.0976 e. The molecule has 2 bridgehead atoms. The van der Waals surface area contributed by atoms with E-state index in [9.17, 15) is 0 Å². The monoisotopic (exact) mass is 445 g/mol. The molecule has 0 fully saturated rings. The first-order valence-corrected chi connectivity index (χ1v) is 12.4. The van der Waals surface area contributed by atoms with Crippen molar-refractivity contribution < 1.29 is 30.6 Å². The number of allylic oxidation sites excluding steroid dienone is 1. The number of hydrogen-bond donors (Lipinski definition) is 0. The zero-order valence-corrected chi connectivity index (χ0v) is 19.7. The summed E-state index contributed by atoms with van der Waals surface area (Å²) < 4.78 is 5.22. The second-order valence-corrected chi connectivity index (χ2v) is 12.8. The molecule has 1 aliphatic carbocycles. The Morgan fingerprint density at radius 3 is 2.48 bits per heavy atom. The maximum Gasteiger partial charge on any atom is 0.0976 e. The molecule has 3 heteroatoms. The van der Waals surface area contributed by atoms with Crippen LogP contribution < -0.4 is 0 Å². The summed E-state index contributed by atoms with van der Waals surface area (Å²) >= 11 is 0. The van der Waals surface area contributed by atoms with Gasteiger partial charge in [-0.15, -0.1) is 28.5 Å². The minimum absolute atomic E-state index is 0. The van der Waals surface area contributed by atoms with Crippen LogP contribution in [0.1, 0.15) is 29.2 Å². The van der Waals surface area contributed by atoms with Crippen LogP contribution in [0.3, 0.4) is 0 Å². The van der Waals surface area contributed by atoms with E-state index in [2.05, 4.69) is 75.5 Å². The first-order valence-electron chi connectivity index (χ1n) is 9.31. The molecule has 1 atom stereocenters. The summed E-state index contributed by atoms with van der Waals surface area (Å²) in [7, 11) is -1.04. The van der Waals surface area contributed by atoms with Gasteiger partial charge in [0.05, 0.1) is 20.6 Å². The number of hydrogen-bond acceptors (Lipinski definition) is 1. The molecule has 3 aromatic carbocycles. The van der Waals surface area contributed by atoms with Crippen molar-refractivity contribution in [3.63, 3.8) is 0 Å². The van der Waals surface area contributed by atoms with Crippen molar-refractivity contribution in [3.8, 4) is 0 Å². The fourth-order valence-corrected chi connectivity index (χ4v) is 9.64. The zero-order chi connectivity index (χ0) is 18.1. The van der Waals surface area contributed by atoms with Gasteiger partial charge in [-0.05, 0) is 17.5 Å². The fourth-order valence-electron chi connectivity index (χ4n) is 5.29. The van der Waals surface area contributed by atoms with Gasteiger partial charge in [-0.3, -0.25) is 0 Å². The van der Waals surface area contributed by atoms with E-state index in [4.69, 9.17) is 4.42 Å². The van der Waals surface area contributed by atoms with Crippen molar-refractivity contribution >= 4 is 34.8 Å². The van der Waals surface area contributed by atoms with Crippen LogP contribution in [-0.2, 0) is 26.2 Å². The average molecular weight is 447 g/mol. The number of rotatable bonds is 0. The van der Waals surface area contributed by atoms with Crippen LogP contribution in [0.25, 0.3) is 26.7 Å². The van der Waals surface area contributed by atoms with Gasteiger partial charge in [0.25, 0.3) is 0 Å².